The Morgan fingerprint density at radius 1 is 1.00 bits per heavy atom. The number of morpholine rings is 1. The van der Waals surface area contributed by atoms with Crippen molar-refractivity contribution in [2.45, 2.75) is 6.42 Å². The van der Waals surface area contributed by atoms with Crippen molar-refractivity contribution in [3.8, 4) is 5.75 Å². The summed E-state index contributed by atoms with van der Waals surface area (Å²) in [5.41, 5.74) is 2.26. The van der Waals surface area contributed by atoms with Gasteiger partial charge in [0.25, 0.3) is 11.8 Å². The fourth-order valence-electron chi connectivity index (χ4n) is 2.93. The maximum Gasteiger partial charge on any atom is 0.254 e. The number of amides is 2. The van der Waals surface area contributed by atoms with Crippen molar-refractivity contribution in [3.63, 3.8) is 0 Å². The maximum absolute atomic E-state index is 12.4. The van der Waals surface area contributed by atoms with Crippen molar-refractivity contribution in [2.24, 2.45) is 0 Å². The minimum atomic E-state index is -0.145. The average Bonchev–Trinajstić information content (AvgIpc) is 2.74. The van der Waals surface area contributed by atoms with Gasteiger partial charge in [-0.2, -0.15) is 0 Å². The van der Waals surface area contributed by atoms with Crippen molar-refractivity contribution < 1.29 is 19.1 Å². The molecule has 2 aromatic carbocycles. The van der Waals surface area contributed by atoms with E-state index in [4.69, 9.17) is 9.47 Å². The van der Waals surface area contributed by atoms with E-state index in [0.29, 0.717) is 44.0 Å². The van der Waals surface area contributed by atoms with E-state index in [1.807, 2.05) is 24.3 Å². The highest BCUT2D eigenvalue weighted by Crippen LogP contribution is 2.12. The van der Waals surface area contributed by atoms with Gasteiger partial charge in [-0.25, -0.2) is 0 Å². The molecule has 0 bridgehead atoms. The van der Waals surface area contributed by atoms with Crippen LogP contribution in [0.1, 0.15) is 26.3 Å². The molecule has 0 aromatic heterocycles. The Bertz CT molecular complexity index is 766. The summed E-state index contributed by atoms with van der Waals surface area (Å²) in [5, 5.41) is 2.91. The van der Waals surface area contributed by atoms with Gasteiger partial charge in [0.05, 0.1) is 20.3 Å². The van der Waals surface area contributed by atoms with Crippen LogP contribution in [0.3, 0.4) is 0 Å². The number of ether oxygens (including phenoxy) is 2. The van der Waals surface area contributed by atoms with Crippen molar-refractivity contribution in [2.75, 3.05) is 40.0 Å². The van der Waals surface area contributed by atoms with E-state index < -0.39 is 0 Å². The number of carbonyl (C=O) groups is 2. The van der Waals surface area contributed by atoms with Crippen LogP contribution in [0.15, 0.2) is 48.5 Å². The molecule has 142 valence electrons. The van der Waals surface area contributed by atoms with Gasteiger partial charge < -0.3 is 19.7 Å². The molecule has 6 heteroatoms. The molecular weight excluding hydrogens is 344 g/mol. The van der Waals surface area contributed by atoms with Gasteiger partial charge in [-0.05, 0) is 48.4 Å². The standard InChI is InChI=1S/C21H24N2O4/c1-26-19-8-2-16(3-9-19)10-11-22-20(24)17-4-6-18(7-5-17)21(25)23-12-14-27-15-13-23/h2-9H,10-15H2,1H3,(H,22,24). The summed E-state index contributed by atoms with van der Waals surface area (Å²) in [7, 11) is 1.63. The van der Waals surface area contributed by atoms with Gasteiger partial charge in [0.15, 0.2) is 0 Å². The lowest BCUT2D eigenvalue weighted by atomic mass is 10.1. The molecule has 1 N–H and O–H groups in total. The second-order valence-electron chi connectivity index (χ2n) is 6.34. The Morgan fingerprint density at radius 3 is 2.26 bits per heavy atom. The monoisotopic (exact) mass is 368 g/mol. The maximum atomic E-state index is 12.4. The largest absolute Gasteiger partial charge is 0.497 e. The number of methoxy groups -OCH3 is 1. The molecule has 1 heterocycles. The SMILES string of the molecule is COc1ccc(CCNC(=O)c2ccc(C(=O)N3CCOCC3)cc2)cc1. The van der Waals surface area contributed by atoms with Crippen LogP contribution in [0.4, 0.5) is 0 Å². The second kappa shape index (κ2) is 9.19. The van der Waals surface area contributed by atoms with Crippen molar-refractivity contribution in [3.05, 3.63) is 65.2 Å². The Kier molecular flexibility index (Phi) is 6.44. The summed E-state index contributed by atoms with van der Waals surface area (Å²) < 4.78 is 10.4. The predicted molar refractivity (Wildman–Crippen MR) is 102 cm³/mol. The van der Waals surface area contributed by atoms with Crippen LogP contribution in [-0.2, 0) is 11.2 Å². The van der Waals surface area contributed by atoms with Crippen molar-refractivity contribution in [1.29, 1.82) is 0 Å². The molecule has 0 spiro atoms. The molecule has 0 aliphatic carbocycles. The van der Waals surface area contributed by atoms with E-state index in [-0.39, 0.29) is 11.8 Å². The lowest BCUT2D eigenvalue weighted by Gasteiger charge is -2.26. The second-order valence-corrected chi connectivity index (χ2v) is 6.34. The highest BCUT2D eigenvalue weighted by atomic mass is 16.5. The summed E-state index contributed by atoms with van der Waals surface area (Å²) in [5.74, 6) is 0.646. The molecule has 1 aliphatic rings. The van der Waals surface area contributed by atoms with Crippen LogP contribution < -0.4 is 10.1 Å². The quantitative estimate of drug-likeness (QED) is 0.848. The fourth-order valence-corrected chi connectivity index (χ4v) is 2.93. The van der Waals surface area contributed by atoms with E-state index in [0.717, 1.165) is 17.7 Å². The van der Waals surface area contributed by atoms with Gasteiger partial charge in [0.1, 0.15) is 5.75 Å². The molecule has 2 amide bonds. The van der Waals surface area contributed by atoms with E-state index in [1.54, 1.807) is 36.3 Å². The van der Waals surface area contributed by atoms with Crippen LogP contribution in [0.5, 0.6) is 5.75 Å². The number of hydrogen-bond acceptors (Lipinski definition) is 4. The molecule has 0 radical (unpaired) electrons. The Balaban J connectivity index is 1.50. The minimum Gasteiger partial charge on any atom is -0.497 e. The van der Waals surface area contributed by atoms with Crippen LogP contribution in [0.2, 0.25) is 0 Å². The molecule has 2 aromatic rings. The molecule has 1 saturated heterocycles. The highest BCUT2D eigenvalue weighted by molar-refractivity contribution is 5.97. The number of nitrogens with zero attached hydrogens (tertiary/aromatic N) is 1. The summed E-state index contributed by atoms with van der Waals surface area (Å²) in [4.78, 5) is 26.5. The van der Waals surface area contributed by atoms with E-state index in [2.05, 4.69) is 5.32 Å². The first-order valence-electron chi connectivity index (χ1n) is 9.05. The minimum absolute atomic E-state index is 0.0234. The third kappa shape index (κ3) is 5.08. The molecule has 0 atom stereocenters. The number of nitrogens with one attached hydrogen (secondary N) is 1. The van der Waals surface area contributed by atoms with E-state index in [1.165, 1.54) is 0 Å². The lowest BCUT2D eigenvalue weighted by molar-refractivity contribution is 0.0303. The Labute approximate surface area is 159 Å². The van der Waals surface area contributed by atoms with Gasteiger partial charge in [0, 0.05) is 30.8 Å². The van der Waals surface area contributed by atoms with Crippen molar-refractivity contribution in [1.82, 2.24) is 10.2 Å². The molecule has 27 heavy (non-hydrogen) atoms. The number of rotatable bonds is 6. The first-order chi connectivity index (χ1) is 13.2. The third-order valence-electron chi connectivity index (χ3n) is 4.55. The summed E-state index contributed by atoms with van der Waals surface area (Å²) >= 11 is 0. The van der Waals surface area contributed by atoms with Crippen molar-refractivity contribution >= 4 is 11.8 Å². The van der Waals surface area contributed by atoms with Crippen LogP contribution in [0, 0.1) is 0 Å². The zero-order valence-electron chi connectivity index (χ0n) is 15.4. The summed E-state index contributed by atoms with van der Waals surface area (Å²) in [6, 6.07) is 14.6. The number of hydrogen-bond donors (Lipinski definition) is 1. The lowest BCUT2D eigenvalue weighted by Crippen LogP contribution is -2.40. The molecule has 6 nitrogen and oxygen atoms in total. The van der Waals surface area contributed by atoms with E-state index >= 15 is 0 Å². The zero-order chi connectivity index (χ0) is 19.1. The van der Waals surface area contributed by atoms with Gasteiger partial charge in [0.2, 0.25) is 0 Å². The fraction of sp³-hybridized carbons (Fsp3) is 0.333. The average molecular weight is 368 g/mol. The zero-order valence-corrected chi connectivity index (χ0v) is 15.4. The molecule has 0 saturated carbocycles. The molecule has 0 unspecified atom stereocenters. The predicted octanol–water partition coefficient (Wildman–Crippen LogP) is 2.14. The smallest absolute Gasteiger partial charge is 0.254 e. The molecular formula is C21H24N2O4. The van der Waals surface area contributed by atoms with Crippen LogP contribution in [-0.4, -0.2) is 56.7 Å². The van der Waals surface area contributed by atoms with Gasteiger partial charge in [-0.1, -0.05) is 12.1 Å². The summed E-state index contributed by atoms with van der Waals surface area (Å²) in [6.07, 6.45) is 0.739. The summed E-state index contributed by atoms with van der Waals surface area (Å²) in [6.45, 7) is 2.89. The van der Waals surface area contributed by atoms with Crippen LogP contribution >= 0.6 is 0 Å². The molecule has 3 rings (SSSR count). The molecule has 1 aliphatic heterocycles. The van der Waals surface area contributed by atoms with Crippen LogP contribution in [0.25, 0.3) is 0 Å². The first kappa shape index (κ1) is 18.9. The van der Waals surface area contributed by atoms with E-state index in [9.17, 15) is 9.59 Å². The third-order valence-corrected chi connectivity index (χ3v) is 4.55. The molecule has 1 fully saturated rings. The highest BCUT2D eigenvalue weighted by Gasteiger charge is 2.18. The van der Waals surface area contributed by atoms with Gasteiger partial charge >= 0.3 is 0 Å². The Morgan fingerprint density at radius 2 is 1.63 bits per heavy atom. The normalized spacial score (nSPS) is 13.9. The van der Waals surface area contributed by atoms with Gasteiger partial charge in [-0.15, -0.1) is 0 Å². The Hall–Kier alpha value is -2.86. The number of carbonyl (C=O) groups excluding carboxylic acids is 2. The number of benzene rings is 2. The first-order valence-corrected chi connectivity index (χ1v) is 9.05. The topological polar surface area (TPSA) is 67.9 Å². The van der Waals surface area contributed by atoms with Gasteiger partial charge in [-0.3, -0.25) is 9.59 Å².